The minimum Gasteiger partial charge on any atom is -0.446 e. The Bertz CT molecular complexity index is 1100. The number of nitrogens with one attached hydrogen (secondary N) is 1. The first-order valence-corrected chi connectivity index (χ1v) is 12.3. The van der Waals surface area contributed by atoms with E-state index in [1.165, 1.54) is 29.4 Å². The van der Waals surface area contributed by atoms with Crippen LogP contribution in [-0.4, -0.2) is 61.5 Å². The van der Waals surface area contributed by atoms with Crippen molar-refractivity contribution < 1.29 is 33.0 Å². The summed E-state index contributed by atoms with van der Waals surface area (Å²) in [5.74, 6) is -0.908. The van der Waals surface area contributed by atoms with Crippen LogP contribution in [0.3, 0.4) is 0 Å². The largest absolute Gasteiger partial charge is 0.446 e. The van der Waals surface area contributed by atoms with E-state index in [9.17, 15) is 18.8 Å². The molecule has 2 atom stereocenters. The number of ether oxygens (including phenoxy) is 3. The highest BCUT2D eigenvalue weighted by molar-refractivity contribution is 7.15. The molecule has 0 bridgehead atoms. The summed E-state index contributed by atoms with van der Waals surface area (Å²) in [7, 11) is 1.52. The van der Waals surface area contributed by atoms with E-state index in [4.69, 9.17) is 14.2 Å². The highest BCUT2D eigenvalue weighted by Crippen LogP contribution is 2.37. The van der Waals surface area contributed by atoms with Gasteiger partial charge in [0, 0.05) is 37.0 Å². The fourth-order valence-electron chi connectivity index (χ4n) is 3.91. The SMILES string of the molecule is CC(C)OC(=O)N(C)c1ccc(-c2cnc(C3CCC(NC(=O)OC4COC4)CC3=O)s2)c(F)c1. The van der Waals surface area contributed by atoms with Crippen molar-refractivity contribution in [2.24, 2.45) is 0 Å². The molecule has 9 nitrogen and oxygen atoms in total. The second-order valence-corrected chi connectivity index (χ2v) is 9.99. The van der Waals surface area contributed by atoms with Crippen LogP contribution in [0.1, 0.15) is 44.0 Å². The number of aromatic nitrogens is 1. The normalized spacial score (nSPS) is 20.3. The van der Waals surface area contributed by atoms with Gasteiger partial charge in [-0.05, 0) is 44.9 Å². The fraction of sp³-hybridized carbons (Fsp3) is 0.500. The van der Waals surface area contributed by atoms with Crippen molar-refractivity contribution in [3.63, 3.8) is 0 Å². The van der Waals surface area contributed by atoms with Gasteiger partial charge in [-0.25, -0.2) is 19.0 Å². The molecule has 1 aromatic carbocycles. The van der Waals surface area contributed by atoms with Crippen LogP contribution >= 0.6 is 11.3 Å². The van der Waals surface area contributed by atoms with Crippen molar-refractivity contribution >= 4 is 35.0 Å². The standard InChI is InChI=1S/C24H28FN3O6S/c1-13(2)33-24(31)28(3)15-5-7-17(19(25)9-15)21-10-26-22(35-21)18-6-4-14(8-20(18)29)27-23(30)34-16-11-32-12-16/h5,7,9-10,13-14,16,18H,4,6,8,11-12H2,1-3H3,(H,27,30). The lowest BCUT2D eigenvalue weighted by Gasteiger charge is -2.29. The molecule has 1 aliphatic heterocycles. The number of nitrogens with zero attached hydrogens (tertiary/aromatic N) is 2. The van der Waals surface area contributed by atoms with E-state index in [0.717, 1.165) is 0 Å². The van der Waals surface area contributed by atoms with Gasteiger partial charge in [-0.1, -0.05) is 0 Å². The van der Waals surface area contributed by atoms with E-state index in [2.05, 4.69) is 10.3 Å². The number of Topliss-reactive ketones (excluding diaryl/α,β-unsaturated/α-hetero) is 1. The van der Waals surface area contributed by atoms with Crippen molar-refractivity contribution in [1.29, 1.82) is 0 Å². The minimum atomic E-state index is -0.568. The lowest BCUT2D eigenvalue weighted by molar-refractivity contribution is -0.122. The monoisotopic (exact) mass is 505 g/mol. The van der Waals surface area contributed by atoms with Gasteiger partial charge >= 0.3 is 12.2 Å². The van der Waals surface area contributed by atoms with Crippen LogP contribution in [-0.2, 0) is 19.0 Å². The van der Waals surface area contributed by atoms with E-state index in [0.29, 0.717) is 47.2 Å². The number of anilines is 1. The Kier molecular flexibility index (Phi) is 7.66. The van der Waals surface area contributed by atoms with Gasteiger partial charge in [0.15, 0.2) is 6.10 Å². The summed E-state index contributed by atoms with van der Waals surface area (Å²) in [6.07, 6.45) is 1.29. The van der Waals surface area contributed by atoms with Crippen LogP contribution in [0.2, 0.25) is 0 Å². The lowest BCUT2D eigenvalue weighted by Crippen LogP contribution is -2.45. The van der Waals surface area contributed by atoms with Crippen LogP contribution in [0.15, 0.2) is 24.4 Å². The molecule has 4 rings (SSSR count). The molecule has 1 aliphatic carbocycles. The van der Waals surface area contributed by atoms with Crippen LogP contribution < -0.4 is 10.2 Å². The first kappa shape index (κ1) is 25.1. The molecule has 1 N–H and O–H groups in total. The molecular formula is C24H28FN3O6S. The van der Waals surface area contributed by atoms with Crippen molar-refractivity contribution in [3.8, 4) is 10.4 Å². The van der Waals surface area contributed by atoms with Gasteiger partial charge in [0.1, 0.15) is 16.6 Å². The summed E-state index contributed by atoms with van der Waals surface area (Å²) < 4.78 is 30.2. The molecule has 1 aromatic heterocycles. The maximum atomic E-state index is 14.9. The molecule has 2 amide bonds. The van der Waals surface area contributed by atoms with E-state index >= 15 is 0 Å². The number of rotatable bonds is 6. The van der Waals surface area contributed by atoms with Gasteiger partial charge in [0.05, 0.1) is 30.1 Å². The number of hydrogen-bond donors (Lipinski definition) is 1. The van der Waals surface area contributed by atoms with Gasteiger partial charge in [-0.3, -0.25) is 9.69 Å². The summed E-state index contributed by atoms with van der Waals surface area (Å²) in [4.78, 5) is 43.0. The third-order valence-corrected chi connectivity index (χ3v) is 7.02. The van der Waals surface area contributed by atoms with Gasteiger partial charge < -0.3 is 19.5 Å². The highest BCUT2D eigenvalue weighted by Gasteiger charge is 2.33. The maximum absolute atomic E-state index is 14.9. The number of alkyl carbamates (subject to hydrolysis) is 1. The van der Waals surface area contributed by atoms with Crippen molar-refractivity contribution in [2.75, 3.05) is 25.2 Å². The summed E-state index contributed by atoms with van der Waals surface area (Å²) in [5.41, 5.74) is 0.708. The third-order valence-electron chi connectivity index (χ3n) is 5.88. The zero-order valence-electron chi connectivity index (χ0n) is 19.8. The number of benzene rings is 1. The topological polar surface area (TPSA) is 107 Å². The molecule has 2 unspecified atom stereocenters. The molecule has 11 heteroatoms. The third kappa shape index (κ3) is 5.96. The second kappa shape index (κ2) is 10.7. The molecule has 0 radical (unpaired) electrons. The molecule has 188 valence electrons. The number of halogens is 1. The van der Waals surface area contributed by atoms with Crippen molar-refractivity contribution in [3.05, 3.63) is 35.2 Å². The number of thiazole rings is 1. The Hall–Kier alpha value is -3.05. The molecule has 2 fully saturated rings. The quantitative estimate of drug-likeness (QED) is 0.625. The Morgan fingerprint density at radius 1 is 1.29 bits per heavy atom. The second-order valence-electron chi connectivity index (χ2n) is 8.92. The van der Waals surface area contributed by atoms with E-state index < -0.39 is 18.0 Å². The fourth-order valence-corrected chi connectivity index (χ4v) is 5.01. The first-order valence-electron chi connectivity index (χ1n) is 11.5. The van der Waals surface area contributed by atoms with Crippen molar-refractivity contribution in [1.82, 2.24) is 10.3 Å². The Balaban J connectivity index is 1.38. The zero-order chi connectivity index (χ0) is 25.1. The number of carbonyl (C=O) groups is 3. The number of ketones is 1. The number of hydrogen-bond acceptors (Lipinski definition) is 8. The molecule has 1 saturated carbocycles. The summed E-state index contributed by atoms with van der Waals surface area (Å²) >= 11 is 1.27. The smallest absolute Gasteiger partial charge is 0.414 e. The number of carbonyl (C=O) groups excluding carboxylic acids is 3. The Morgan fingerprint density at radius 3 is 2.69 bits per heavy atom. The minimum absolute atomic E-state index is 0.0180. The average molecular weight is 506 g/mol. The summed E-state index contributed by atoms with van der Waals surface area (Å²) in [6, 6.07) is 4.21. The predicted molar refractivity (Wildman–Crippen MR) is 127 cm³/mol. The molecule has 35 heavy (non-hydrogen) atoms. The molecular weight excluding hydrogens is 477 g/mol. The predicted octanol–water partition coefficient (Wildman–Crippen LogP) is 4.26. The van der Waals surface area contributed by atoms with E-state index in [1.54, 1.807) is 32.2 Å². The summed E-state index contributed by atoms with van der Waals surface area (Å²) in [6.45, 7) is 4.28. The average Bonchev–Trinajstić information content (AvgIpc) is 3.25. The molecule has 2 heterocycles. The molecule has 2 aromatic rings. The highest BCUT2D eigenvalue weighted by atomic mass is 32.1. The Morgan fingerprint density at radius 2 is 2.06 bits per heavy atom. The Labute approximate surface area is 206 Å². The first-order chi connectivity index (χ1) is 16.7. The van der Waals surface area contributed by atoms with Gasteiger partial charge in [-0.2, -0.15) is 0 Å². The van der Waals surface area contributed by atoms with Gasteiger partial charge in [0.2, 0.25) is 0 Å². The number of amides is 2. The van der Waals surface area contributed by atoms with Crippen LogP contribution in [0, 0.1) is 5.82 Å². The molecule has 2 aliphatic rings. The van der Waals surface area contributed by atoms with Gasteiger partial charge in [0.25, 0.3) is 0 Å². The zero-order valence-corrected chi connectivity index (χ0v) is 20.6. The van der Waals surface area contributed by atoms with E-state index in [1.807, 2.05) is 0 Å². The summed E-state index contributed by atoms with van der Waals surface area (Å²) in [5, 5.41) is 3.37. The maximum Gasteiger partial charge on any atom is 0.414 e. The van der Waals surface area contributed by atoms with E-state index in [-0.39, 0.29) is 36.4 Å². The molecule has 0 spiro atoms. The van der Waals surface area contributed by atoms with Gasteiger partial charge in [-0.15, -0.1) is 11.3 Å². The van der Waals surface area contributed by atoms with Crippen LogP contribution in [0.25, 0.3) is 10.4 Å². The molecule has 1 saturated heterocycles. The van der Waals surface area contributed by atoms with Crippen LogP contribution in [0.4, 0.5) is 19.7 Å². The van der Waals surface area contributed by atoms with Crippen LogP contribution in [0.5, 0.6) is 0 Å². The van der Waals surface area contributed by atoms with Crippen molar-refractivity contribution in [2.45, 2.75) is 57.3 Å². The lowest BCUT2D eigenvalue weighted by atomic mass is 9.85.